The van der Waals surface area contributed by atoms with Gasteiger partial charge in [0.15, 0.2) is 0 Å². The van der Waals surface area contributed by atoms with Gasteiger partial charge in [-0.05, 0) is 19.8 Å². The molecule has 2 saturated heterocycles. The van der Waals surface area contributed by atoms with Gasteiger partial charge in [-0.1, -0.05) is 6.08 Å². The summed E-state index contributed by atoms with van der Waals surface area (Å²) in [7, 11) is 0. The Morgan fingerprint density at radius 2 is 2.00 bits per heavy atom. The van der Waals surface area contributed by atoms with Crippen molar-refractivity contribution in [2.45, 2.75) is 31.8 Å². The Hall–Kier alpha value is -0.520. The van der Waals surface area contributed by atoms with Crippen molar-refractivity contribution in [1.82, 2.24) is 15.1 Å². The van der Waals surface area contributed by atoms with Crippen molar-refractivity contribution in [2.75, 3.05) is 44.2 Å². The Labute approximate surface area is 127 Å². The number of thioether (sulfide) groups is 1. The third-order valence-corrected chi connectivity index (χ3v) is 5.35. The summed E-state index contributed by atoms with van der Waals surface area (Å²) in [5.41, 5.74) is 0. The van der Waals surface area contributed by atoms with Crippen LogP contribution in [0.3, 0.4) is 0 Å². The molecule has 2 fully saturated rings. The molecule has 0 spiro atoms. The third-order valence-electron chi connectivity index (χ3n) is 4.41. The van der Waals surface area contributed by atoms with Crippen molar-refractivity contribution in [2.24, 2.45) is 0 Å². The minimum Gasteiger partial charge on any atom is -0.351 e. The fraction of sp³-hybridized carbons (Fsp3) is 0.800. The Kier molecular flexibility index (Phi) is 6.39. The Morgan fingerprint density at radius 1 is 1.35 bits per heavy atom. The molecule has 0 bridgehead atoms. The second kappa shape index (κ2) is 8.05. The number of nitrogens with one attached hydrogen (secondary N) is 1. The van der Waals surface area contributed by atoms with Crippen LogP contribution in [-0.2, 0) is 4.79 Å². The molecular weight excluding hydrogens is 270 g/mol. The lowest BCUT2D eigenvalue weighted by Gasteiger charge is -2.41. The van der Waals surface area contributed by atoms with Gasteiger partial charge < -0.3 is 5.32 Å². The molecule has 114 valence electrons. The number of piperidine rings is 1. The topological polar surface area (TPSA) is 35.6 Å². The van der Waals surface area contributed by atoms with Gasteiger partial charge in [0.2, 0.25) is 5.91 Å². The van der Waals surface area contributed by atoms with Crippen LogP contribution in [0.15, 0.2) is 12.7 Å². The zero-order chi connectivity index (χ0) is 14.4. The highest BCUT2D eigenvalue weighted by atomic mass is 32.2. The molecule has 20 heavy (non-hydrogen) atoms. The average Bonchev–Trinajstić information content (AvgIpc) is 2.53. The van der Waals surface area contributed by atoms with E-state index in [1.54, 1.807) is 6.08 Å². The second-order valence-electron chi connectivity index (χ2n) is 5.63. The Balaban J connectivity index is 1.75. The number of amides is 1. The molecule has 1 N–H and O–H groups in total. The Bertz CT molecular complexity index is 323. The highest BCUT2D eigenvalue weighted by molar-refractivity contribution is 7.99. The minimum atomic E-state index is -0.0205. The van der Waals surface area contributed by atoms with E-state index in [1.165, 1.54) is 37.4 Å². The first-order chi connectivity index (χ1) is 9.72. The fourth-order valence-corrected chi connectivity index (χ4v) is 4.00. The van der Waals surface area contributed by atoms with E-state index in [9.17, 15) is 4.79 Å². The molecule has 2 aliphatic rings. The summed E-state index contributed by atoms with van der Waals surface area (Å²) in [6.07, 6.45) is 4.12. The van der Waals surface area contributed by atoms with Gasteiger partial charge in [0.05, 0.1) is 6.04 Å². The minimum absolute atomic E-state index is 0.0205. The van der Waals surface area contributed by atoms with Crippen LogP contribution in [0.4, 0.5) is 0 Å². The van der Waals surface area contributed by atoms with Gasteiger partial charge in [-0.15, -0.1) is 6.58 Å². The molecule has 2 heterocycles. The van der Waals surface area contributed by atoms with Gasteiger partial charge in [-0.3, -0.25) is 14.6 Å². The van der Waals surface area contributed by atoms with Crippen LogP contribution in [0.25, 0.3) is 0 Å². The summed E-state index contributed by atoms with van der Waals surface area (Å²) in [6, 6.07) is 0.711. The van der Waals surface area contributed by atoms with Gasteiger partial charge >= 0.3 is 0 Å². The third kappa shape index (κ3) is 4.24. The van der Waals surface area contributed by atoms with E-state index in [0.29, 0.717) is 6.54 Å². The first-order valence-corrected chi connectivity index (χ1v) is 8.82. The highest BCUT2D eigenvalue weighted by Crippen LogP contribution is 2.21. The molecule has 2 rings (SSSR count). The molecule has 2 aliphatic heterocycles. The number of hydrogen-bond acceptors (Lipinski definition) is 4. The highest BCUT2D eigenvalue weighted by Gasteiger charge is 2.29. The zero-order valence-electron chi connectivity index (χ0n) is 12.5. The number of carbonyl (C=O) groups excluding carboxylic acids is 1. The molecule has 1 atom stereocenters. The first kappa shape index (κ1) is 15.9. The fourth-order valence-electron chi connectivity index (χ4n) is 3.07. The van der Waals surface area contributed by atoms with Crippen LogP contribution in [0.5, 0.6) is 0 Å². The van der Waals surface area contributed by atoms with E-state index in [1.807, 2.05) is 6.92 Å². The van der Waals surface area contributed by atoms with E-state index in [4.69, 9.17) is 0 Å². The summed E-state index contributed by atoms with van der Waals surface area (Å²) < 4.78 is 0. The lowest BCUT2D eigenvalue weighted by molar-refractivity contribution is -0.126. The van der Waals surface area contributed by atoms with Crippen LogP contribution < -0.4 is 5.32 Å². The van der Waals surface area contributed by atoms with Crippen LogP contribution in [0.1, 0.15) is 19.8 Å². The lowest BCUT2D eigenvalue weighted by Crippen LogP contribution is -2.52. The van der Waals surface area contributed by atoms with Crippen LogP contribution >= 0.6 is 11.8 Å². The smallest absolute Gasteiger partial charge is 0.237 e. The van der Waals surface area contributed by atoms with Crippen molar-refractivity contribution < 1.29 is 4.79 Å². The van der Waals surface area contributed by atoms with Crippen LogP contribution in [-0.4, -0.2) is 72.0 Å². The van der Waals surface area contributed by atoms with Gasteiger partial charge in [0.25, 0.3) is 0 Å². The Morgan fingerprint density at radius 3 is 2.60 bits per heavy atom. The number of carbonyl (C=O) groups is 1. The summed E-state index contributed by atoms with van der Waals surface area (Å²) in [5, 5.41) is 2.89. The molecular formula is C15H27N3OS. The summed E-state index contributed by atoms with van der Waals surface area (Å²) in [5.74, 6) is 2.68. The number of rotatable bonds is 5. The van der Waals surface area contributed by atoms with E-state index < -0.39 is 0 Å². The molecule has 1 unspecified atom stereocenters. The molecule has 0 aromatic rings. The van der Waals surface area contributed by atoms with Crippen molar-refractivity contribution in [3.63, 3.8) is 0 Å². The lowest BCUT2D eigenvalue weighted by atomic mass is 10.0. The largest absolute Gasteiger partial charge is 0.351 e. The van der Waals surface area contributed by atoms with Gasteiger partial charge in [-0.2, -0.15) is 11.8 Å². The molecule has 0 aromatic heterocycles. The van der Waals surface area contributed by atoms with E-state index in [2.05, 4.69) is 33.5 Å². The summed E-state index contributed by atoms with van der Waals surface area (Å²) >= 11 is 2.07. The van der Waals surface area contributed by atoms with E-state index >= 15 is 0 Å². The van der Waals surface area contributed by atoms with Crippen molar-refractivity contribution in [3.8, 4) is 0 Å². The predicted octanol–water partition coefficient (Wildman–Crippen LogP) is 1.19. The molecule has 4 nitrogen and oxygen atoms in total. The normalized spacial score (nSPS) is 24.2. The van der Waals surface area contributed by atoms with Gasteiger partial charge in [0, 0.05) is 50.3 Å². The molecule has 0 aliphatic carbocycles. The standard InChI is InChI=1S/C15H27N3OS/c1-3-6-16-15(19)13(2)17-7-4-14(5-8-17)18-9-11-20-12-10-18/h3,13-14H,1,4-12H2,2H3,(H,16,19). The maximum absolute atomic E-state index is 12.0. The number of nitrogens with zero attached hydrogens (tertiary/aromatic N) is 2. The summed E-state index contributed by atoms with van der Waals surface area (Å²) in [6.45, 7) is 10.8. The first-order valence-electron chi connectivity index (χ1n) is 7.67. The van der Waals surface area contributed by atoms with Crippen molar-refractivity contribution >= 4 is 17.7 Å². The maximum atomic E-state index is 12.0. The molecule has 0 radical (unpaired) electrons. The predicted molar refractivity (Wildman–Crippen MR) is 86.2 cm³/mol. The molecule has 5 heteroatoms. The van der Waals surface area contributed by atoms with Crippen molar-refractivity contribution in [1.29, 1.82) is 0 Å². The van der Waals surface area contributed by atoms with Gasteiger partial charge in [-0.25, -0.2) is 0 Å². The second-order valence-corrected chi connectivity index (χ2v) is 6.85. The monoisotopic (exact) mass is 297 g/mol. The number of likely N-dealkylation sites (tertiary alicyclic amines) is 1. The number of hydrogen-bond donors (Lipinski definition) is 1. The quantitative estimate of drug-likeness (QED) is 0.773. The van der Waals surface area contributed by atoms with E-state index in [0.717, 1.165) is 19.1 Å². The zero-order valence-corrected chi connectivity index (χ0v) is 13.3. The van der Waals surface area contributed by atoms with Crippen molar-refractivity contribution in [3.05, 3.63) is 12.7 Å². The maximum Gasteiger partial charge on any atom is 0.237 e. The SMILES string of the molecule is C=CCNC(=O)C(C)N1CCC(N2CCSCC2)CC1. The average molecular weight is 297 g/mol. The molecule has 0 saturated carbocycles. The van der Waals surface area contributed by atoms with E-state index in [-0.39, 0.29) is 11.9 Å². The van der Waals surface area contributed by atoms with Crippen LogP contribution in [0, 0.1) is 0 Å². The van der Waals surface area contributed by atoms with Gasteiger partial charge in [0.1, 0.15) is 0 Å². The summed E-state index contributed by atoms with van der Waals surface area (Å²) in [4.78, 5) is 16.9. The molecule has 1 amide bonds. The molecule has 0 aromatic carbocycles. The van der Waals surface area contributed by atoms with Crippen LogP contribution in [0.2, 0.25) is 0 Å².